The van der Waals surface area contributed by atoms with Crippen LogP contribution in [0.2, 0.25) is 0 Å². The first-order valence-electron chi connectivity index (χ1n) is 5.44. The lowest BCUT2D eigenvalue weighted by Gasteiger charge is -1.99. The summed E-state index contributed by atoms with van der Waals surface area (Å²) in [6, 6.07) is 0. The summed E-state index contributed by atoms with van der Waals surface area (Å²) < 4.78 is 4.62. The Bertz CT molecular complexity index is 415. The van der Waals surface area contributed by atoms with Crippen molar-refractivity contribution in [3.05, 3.63) is 10.6 Å². The highest BCUT2D eigenvalue weighted by molar-refractivity contribution is 7.17. The van der Waals surface area contributed by atoms with E-state index in [2.05, 4.69) is 15.0 Å². The number of nitrogens with zero attached hydrogens (tertiary/aromatic N) is 1. The van der Waals surface area contributed by atoms with Gasteiger partial charge in [0.25, 0.3) is 0 Å². The van der Waals surface area contributed by atoms with E-state index in [0.29, 0.717) is 22.1 Å². The molecular formula is C11H16N2O3S. The number of methoxy groups -OCH3 is 1. The minimum Gasteiger partial charge on any atom is -0.465 e. The van der Waals surface area contributed by atoms with Crippen molar-refractivity contribution in [3.63, 3.8) is 0 Å². The molecule has 6 heteroatoms. The second kappa shape index (κ2) is 6.34. The van der Waals surface area contributed by atoms with E-state index in [1.165, 1.54) is 7.11 Å². The third kappa shape index (κ3) is 3.81. The Morgan fingerprint density at radius 3 is 2.76 bits per heavy atom. The van der Waals surface area contributed by atoms with Gasteiger partial charge in [-0.1, -0.05) is 24.7 Å². The molecule has 0 aliphatic heterocycles. The third-order valence-electron chi connectivity index (χ3n) is 2.17. The molecule has 0 aliphatic rings. The van der Waals surface area contributed by atoms with Gasteiger partial charge in [0.2, 0.25) is 5.91 Å². The number of carbonyl (C=O) groups is 2. The third-order valence-corrected chi connectivity index (χ3v) is 3.22. The Balaban J connectivity index is 2.67. The summed E-state index contributed by atoms with van der Waals surface area (Å²) >= 11 is 1.14. The van der Waals surface area contributed by atoms with Crippen LogP contribution in [0.4, 0.5) is 5.13 Å². The van der Waals surface area contributed by atoms with Crippen molar-refractivity contribution in [2.24, 2.45) is 0 Å². The number of amides is 1. The number of rotatable bonds is 5. The maximum absolute atomic E-state index is 11.5. The van der Waals surface area contributed by atoms with Crippen LogP contribution in [0, 0.1) is 6.92 Å². The Hall–Kier alpha value is -1.43. The molecule has 1 amide bonds. The van der Waals surface area contributed by atoms with Crippen LogP contribution in [0.5, 0.6) is 0 Å². The SMILES string of the molecule is CCCCC(=O)Nc1nc(C)c(C(=O)OC)s1. The lowest BCUT2D eigenvalue weighted by atomic mass is 10.2. The van der Waals surface area contributed by atoms with Gasteiger partial charge in [-0.2, -0.15) is 0 Å². The van der Waals surface area contributed by atoms with E-state index in [-0.39, 0.29) is 5.91 Å². The van der Waals surface area contributed by atoms with E-state index < -0.39 is 5.97 Å². The summed E-state index contributed by atoms with van der Waals surface area (Å²) in [5.74, 6) is -0.494. The van der Waals surface area contributed by atoms with Crippen molar-refractivity contribution in [3.8, 4) is 0 Å². The maximum Gasteiger partial charge on any atom is 0.350 e. The fourth-order valence-corrected chi connectivity index (χ4v) is 2.15. The van der Waals surface area contributed by atoms with E-state index in [0.717, 1.165) is 24.2 Å². The molecule has 0 radical (unpaired) electrons. The monoisotopic (exact) mass is 256 g/mol. The number of hydrogen-bond donors (Lipinski definition) is 1. The normalized spacial score (nSPS) is 10.1. The van der Waals surface area contributed by atoms with Crippen molar-refractivity contribution >= 4 is 28.3 Å². The number of unbranched alkanes of at least 4 members (excludes halogenated alkanes) is 1. The predicted molar refractivity (Wildman–Crippen MR) is 66.3 cm³/mol. The number of esters is 1. The number of anilines is 1. The first kappa shape index (κ1) is 13.6. The van der Waals surface area contributed by atoms with Crippen LogP contribution in [-0.4, -0.2) is 24.0 Å². The average molecular weight is 256 g/mol. The molecule has 17 heavy (non-hydrogen) atoms. The Morgan fingerprint density at radius 1 is 1.47 bits per heavy atom. The second-order valence-corrected chi connectivity index (χ2v) is 4.58. The van der Waals surface area contributed by atoms with Crippen molar-refractivity contribution in [1.29, 1.82) is 0 Å². The molecule has 0 atom stereocenters. The molecule has 0 spiro atoms. The molecule has 5 nitrogen and oxygen atoms in total. The lowest BCUT2D eigenvalue weighted by molar-refractivity contribution is -0.116. The summed E-state index contributed by atoms with van der Waals surface area (Å²) in [7, 11) is 1.32. The zero-order valence-electron chi connectivity index (χ0n) is 10.2. The number of aromatic nitrogens is 1. The van der Waals surface area contributed by atoms with Crippen LogP contribution < -0.4 is 5.32 Å². The first-order valence-corrected chi connectivity index (χ1v) is 6.25. The van der Waals surface area contributed by atoms with Gasteiger partial charge in [0.15, 0.2) is 5.13 Å². The van der Waals surface area contributed by atoms with Crippen molar-refractivity contribution in [1.82, 2.24) is 4.98 Å². The molecule has 1 aromatic rings. The van der Waals surface area contributed by atoms with Crippen LogP contribution in [-0.2, 0) is 9.53 Å². The van der Waals surface area contributed by atoms with Crippen molar-refractivity contribution in [2.45, 2.75) is 33.1 Å². The van der Waals surface area contributed by atoms with Crippen LogP contribution in [0.25, 0.3) is 0 Å². The molecule has 0 bridgehead atoms. The van der Waals surface area contributed by atoms with Gasteiger partial charge in [-0.05, 0) is 13.3 Å². The summed E-state index contributed by atoms with van der Waals surface area (Å²) in [5, 5.41) is 3.13. The molecule has 0 unspecified atom stereocenters. The highest BCUT2D eigenvalue weighted by atomic mass is 32.1. The molecule has 1 N–H and O–H groups in total. The predicted octanol–water partition coefficient (Wildman–Crippen LogP) is 2.37. The topological polar surface area (TPSA) is 68.3 Å². The molecule has 0 fully saturated rings. The summed E-state index contributed by atoms with van der Waals surface area (Å²) in [5.41, 5.74) is 0.577. The zero-order chi connectivity index (χ0) is 12.8. The molecule has 1 rings (SSSR count). The molecule has 94 valence electrons. The number of nitrogens with one attached hydrogen (secondary N) is 1. The smallest absolute Gasteiger partial charge is 0.350 e. The average Bonchev–Trinajstić information content (AvgIpc) is 2.66. The van der Waals surface area contributed by atoms with Gasteiger partial charge >= 0.3 is 5.97 Å². The van der Waals surface area contributed by atoms with Crippen LogP contribution in [0.15, 0.2) is 0 Å². The molecular weight excluding hydrogens is 240 g/mol. The number of aryl methyl sites for hydroxylation is 1. The molecule has 1 aromatic heterocycles. The van der Waals surface area contributed by atoms with Gasteiger partial charge in [0, 0.05) is 6.42 Å². The second-order valence-electron chi connectivity index (χ2n) is 3.58. The fourth-order valence-electron chi connectivity index (χ4n) is 1.25. The van der Waals surface area contributed by atoms with E-state index in [9.17, 15) is 9.59 Å². The van der Waals surface area contributed by atoms with Crippen LogP contribution in [0.1, 0.15) is 41.6 Å². The lowest BCUT2D eigenvalue weighted by Crippen LogP contribution is -2.10. The van der Waals surface area contributed by atoms with Crippen molar-refractivity contribution in [2.75, 3.05) is 12.4 Å². The molecule has 0 saturated carbocycles. The van der Waals surface area contributed by atoms with E-state index in [1.54, 1.807) is 6.92 Å². The standard InChI is InChI=1S/C11H16N2O3S/c1-4-5-6-8(14)13-11-12-7(2)9(17-11)10(15)16-3/h4-6H2,1-3H3,(H,12,13,14). The highest BCUT2D eigenvalue weighted by Gasteiger charge is 2.16. The van der Waals surface area contributed by atoms with Gasteiger partial charge in [0.05, 0.1) is 12.8 Å². The number of ether oxygens (including phenoxy) is 1. The largest absolute Gasteiger partial charge is 0.465 e. The fraction of sp³-hybridized carbons (Fsp3) is 0.545. The number of carbonyl (C=O) groups excluding carboxylic acids is 2. The molecule has 0 aliphatic carbocycles. The summed E-state index contributed by atoms with van der Waals surface area (Å²) in [4.78, 5) is 27.4. The number of thiazole rings is 1. The molecule has 0 saturated heterocycles. The van der Waals surface area contributed by atoms with Crippen LogP contribution >= 0.6 is 11.3 Å². The quantitative estimate of drug-likeness (QED) is 0.821. The van der Waals surface area contributed by atoms with E-state index in [4.69, 9.17) is 0 Å². The van der Waals surface area contributed by atoms with Gasteiger partial charge in [0.1, 0.15) is 4.88 Å². The van der Waals surface area contributed by atoms with E-state index in [1.807, 2.05) is 6.92 Å². The Morgan fingerprint density at radius 2 is 2.18 bits per heavy atom. The van der Waals surface area contributed by atoms with Crippen LogP contribution in [0.3, 0.4) is 0 Å². The first-order chi connectivity index (χ1) is 8.08. The van der Waals surface area contributed by atoms with Gasteiger partial charge in [-0.25, -0.2) is 9.78 Å². The Labute approximate surface area is 104 Å². The van der Waals surface area contributed by atoms with Gasteiger partial charge < -0.3 is 10.1 Å². The molecule has 1 heterocycles. The van der Waals surface area contributed by atoms with Gasteiger partial charge in [-0.15, -0.1) is 0 Å². The minimum absolute atomic E-state index is 0.0722. The Kier molecular flexibility index (Phi) is 5.09. The van der Waals surface area contributed by atoms with Crippen molar-refractivity contribution < 1.29 is 14.3 Å². The minimum atomic E-state index is -0.422. The number of hydrogen-bond acceptors (Lipinski definition) is 5. The van der Waals surface area contributed by atoms with E-state index >= 15 is 0 Å². The summed E-state index contributed by atoms with van der Waals surface area (Å²) in [6.45, 7) is 3.74. The maximum atomic E-state index is 11.5. The van der Waals surface area contributed by atoms with Gasteiger partial charge in [-0.3, -0.25) is 4.79 Å². The highest BCUT2D eigenvalue weighted by Crippen LogP contribution is 2.23. The zero-order valence-corrected chi connectivity index (χ0v) is 11.0. The summed E-state index contributed by atoms with van der Waals surface area (Å²) in [6.07, 6.45) is 2.29. The molecule has 0 aromatic carbocycles.